The highest BCUT2D eigenvalue weighted by molar-refractivity contribution is 7.99. The second-order valence-corrected chi connectivity index (χ2v) is 10.4. The Labute approximate surface area is 222 Å². The van der Waals surface area contributed by atoms with Crippen molar-refractivity contribution in [2.75, 3.05) is 5.75 Å². The lowest BCUT2D eigenvalue weighted by Gasteiger charge is -2.41. The molecule has 0 bridgehead atoms. The van der Waals surface area contributed by atoms with Gasteiger partial charge < -0.3 is 24.9 Å². The number of aryl methyl sites for hydroxylation is 1. The van der Waals surface area contributed by atoms with Crippen LogP contribution in [0.4, 0.5) is 0 Å². The number of aliphatic hydroxyl groups is 1. The number of rotatable bonds is 8. The second-order valence-electron chi connectivity index (χ2n) is 9.44. The Bertz CT molecular complexity index is 1310. The molecule has 1 fully saturated rings. The molecule has 1 aromatic heterocycles. The third kappa shape index (κ3) is 5.66. The number of nitrogens with two attached hydrogens (primary N) is 1. The molecular weight excluding hydrogens is 482 g/mol. The summed E-state index contributed by atoms with van der Waals surface area (Å²) >= 11 is 1.69. The summed E-state index contributed by atoms with van der Waals surface area (Å²) in [6, 6.07) is 24.6. The number of thioether (sulfide) groups is 1. The van der Waals surface area contributed by atoms with Gasteiger partial charge in [0.1, 0.15) is 0 Å². The quantitative estimate of drug-likeness (QED) is 0.296. The minimum absolute atomic E-state index is 0.0235. The molecule has 0 spiro atoms. The number of benzene rings is 3. The van der Waals surface area contributed by atoms with Gasteiger partial charge in [-0.15, -0.1) is 0 Å². The van der Waals surface area contributed by atoms with Gasteiger partial charge in [-0.25, -0.2) is 4.98 Å². The van der Waals surface area contributed by atoms with E-state index in [1.54, 1.807) is 11.8 Å². The van der Waals surface area contributed by atoms with Crippen molar-refractivity contribution >= 4 is 11.8 Å². The lowest BCUT2D eigenvalue weighted by molar-refractivity contribution is -0.268. The van der Waals surface area contributed by atoms with Gasteiger partial charge in [-0.1, -0.05) is 91.5 Å². The van der Waals surface area contributed by atoms with Crippen molar-refractivity contribution in [3.8, 4) is 11.1 Å². The number of nitrogens with zero attached hydrogens (tertiary/aromatic N) is 2. The zero-order chi connectivity index (χ0) is 25.8. The minimum Gasteiger partial charge on any atom is -0.392 e. The van der Waals surface area contributed by atoms with Gasteiger partial charge in [0.25, 0.3) is 0 Å². The first-order valence-corrected chi connectivity index (χ1v) is 13.5. The molecule has 7 heteroatoms. The molecule has 3 N–H and O–H groups in total. The molecule has 5 rings (SSSR count). The van der Waals surface area contributed by atoms with E-state index in [4.69, 9.17) is 15.2 Å². The van der Waals surface area contributed by atoms with E-state index in [-0.39, 0.29) is 24.7 Å². The largest absolute Gasteiger partial charge is 0.392 e. The Kier molecular flexibility index (Phi) is 8.08. The standard InChI is InChI=1S/C30H33N3O3S/c1-20-27(19-37-30-32-15-16-33(30)2)35-29(36-28(20)23-9-7-21(18-34)8-10-23)24-13-11-22(12-14-24)26-6-4-3-5-25(26)17-31/h3-16,20,27-29,34H,17-19,31H2,1-2H3/t20-,27+,28+,29+/m0/s1. The highest BCUT2D eigenvalue weighted by Crippen LogP contribution is 2.43. The first-order chi connectivity index (χ1) is 18.1. The summed E-state index contributed by atoms with van der Waals surface area (Å²) in [6.45, 7) is 2.70. The van der Waals surface area contributed by atoms with Gasteiger partial charge in [-0.2, -0.15) is 0 Å². The van der Waals surface area contributed by atoms with Crippen LogP contribution in [0.15, 0.2) is 90.3 Å². The van der Waals surface area contributed by atoms with Crippen molar-refractivity contribution < 1.29 is 14.6 Å². The number of aliphatic hydroxyl groups excluding tert-OH is 1. The molecule has 0 aliphatic carbocycles. The number of aromatic nitrogens is 2. The van der Waals surface area contributed by atoms with Crippen molar-refractivity contribution in [2.45, 2.75) is 43.7 Å². The Morgan fingerprint density at radius 2 is 1.70 bits per heavy atom. The number of ether oxygens (including phenoxy) is 2. The molecule has 2 heterocycles. The predicted octanol–water partition coefficient (Wildman–Crippen LogP) is 5.62. The van der Waals surface area contributed by atoms with Gasteiger partial charge in [0.05, 0.1) is 18.8 Å². The Morgan fingerprint density at radius 1 is 0.973 bits per heavy atom. The van der Waals surface area contributed by atoms with Gasteiger partial charge in [-0.3, -0.25) is 0 Å². The average molecular weight is 516 g/mol. The summed E-state index contributed by atoms with van der Waals surface area (Å²) in [7, 11) is 2.00. The number of hydrogen-bond acceptors (Lipinski definition) is 6. The van der Waals surface area contributed by atoms with Crippen molar-refractivity contribution in [1.29, 1.82) is 0 Å². The van der Waals surface area contributed by atoms with E-state index in [0.717, 1.165) is 44.3 Å². The fraction of sp³-hybridized carbons (Fsp3) is 0.300. The molecule has 1 aliphatic heterocycles. The zero-order valence-corrected chi connectivity index (χ0v) is 22.0. The summed E-state index contributed by atoms with van der Waals surface area (Å²) in [5.41, 5.74) is 12.3. The monoisotopic (exact) mass is 515 g/mol. The van der Waals surface area contributed by atoms with Crippen LogP contribution >= 0.6 is 11.8 Å². The smallest absolute Gasteiger partial charge is 0.184 e. The fourth-order valence-electron chi connectivity index (χ4n) is 4.76. The lowest BCUT2D eigenvalue weighted by Crippen LogP contribution is -2.38. The lowest BCUT2D eigenvalue weighted by atomic mass is 9.91. The molecular formula is C30H33N3O3S. The summed E-state index contributed by atoms with van der Waals surface area (Å²) in [4.78, 5) is 4.46. The molecule has 192 valence electrons. The van der Waals surface area contributed by atoms with Crippen LogP contribution in [0.25, 0.3) is 11.1 Å². The van der Waals surface area contributed by atoms with Gasteiger partial charge in [0.15, 0.2) is 11.4 Å². The van der Waals surface area contributed by atoms with Gasteiger partial charge >= 0.3 is 0 Å². The fourth-order valence-corrected chi connectivity index (χ4v) is 5.85. The summed E-state index contributed by atoms with van der Waals surface area (Å²) in [5.74, 6) is 0.888. The van der Waals surface area contributed by atoms with E-state index in [1.807, 2.05) is 60.4 Å². The molecule has 4 atom stereocenters. The van der Waals surface area contributed by atoms with Crippen LogP contribution in [0.3, 0.4) is 0 Å². The van der Waals surface area contributed by atoms with Crippen LogP contribution in [0.1, 0.15) is 41.6 Å². The zero-order valence-electron chi connectivity index (χ0n) is 21.2. The average Bonchev–Trinajstić information content (AvgIpc) is 3.37. The minimum atomic E-state index is -0.496. The van der Waals surface area contributed by atoms with E-state index in [2.05, 4.69) is 48.3 Å². The first-order valence-electron chi connectivity index (χ1n) is 12.6. The van der Waals surface area contributed by atoms with Crippen molar-refractivity contribution in [3.63, 3.8) is 0 Å². The molecule has 4 aromatic rings. The van der Waals surface area contributed by atoms with Crippen molar-refractivity contribution in [3.05, 3.63) is 107 Å². The molecule has 0 unspecified atom stereocenters. The van der Waals surface area contributed by atoms with E-state index < -0.39 is 6.29 Å². The van der Waals surface area contributed by atoms with Gasteiger partial charge in [0, 0.05) is 43.2 Å². The van der Waals surface area contributed by atoms with Crippen LogP contribution in [-0.4, -0.2) is 26.5 Å². The molecule has 1 saturated heterocycles. The molecule has 0 saturated carbocycles. The predicted molar refractivity (Wildman–Crippen MR) is 147 cm³/mol. The molecule has 0 radical (unpaired) electrons. The molecule has 3 aromatic carbocycles. The Balaban J connectivity index is 1.41. The number of imidazole rings is 1. The van der Waals surface area contributed by atoms with Crippen molar-refractivity contribution in [1.82, 2.24) is 9.55 Å². The SMILES string of the molecule is C[C@H]1[C@@H](CSc2nccn2C)O[C@@H](c2ccc(-c3ccccc3CN)cc2)O[C@H]1c1ccc(CO)cc1. The molecule has 37 heavy (non-hydrogen) atoms. The highest BCUT2D eigenvalue weighted by atomic mass is 32.2. The van der Waals surface area contributed by atoms with Crippen LogP contribution in [0.5, 0.6) is 0 Å². The van der Waals surface area contributed by atoms with Crippen LogP contribution < -0.4 is 5.73 Å². The van der Waals surface area contributed by atoms with Gasteiger partial charge in [-0.05, 0) is 27.8 Å². The molecule has 1 aliphatic rings. The normalized spacial score (nSPS) is 21.7. The summed E-state index contributed by atoms with van der Waals surface area (Å²) in [6.07, 6.45) is 3.09. The van der Waals surface area contributed by atoms with E-state index in [0.29, 0.717) is 6.54 Å². The topological polar surface area (TPSA) is 82.5 Å². The van der Waals surface area contributed by atoms with Crippen molar-refractivity contribution in [2.24, 2.45) is 18.7 Å². The van der Waals surface area contributed by atoms with Crippen LogP contribution in [0, 0.1) is 5.92 Å². The van der Waals surface area contributed by atoms with E-state index in [9.17, 15) is 5.11 Å². The Hall–Kier alpha value is -2.94. The first kappa shape index (κ1) is 25.7. The molecule has 6 nitrogen and oxygen atoms in total. The third-order valence-corrected chi connectivity index (χ3v) is 8.15. The maximum atomic E-state index is 9.48. The second kappa shape index (κ2) is 11.6. The maximum absolute atomic E-state index is 9.48. The Morgan fingerprint density at radius 3 is 2.38 bits per heavy atom. The summed E-state index contributed by atoms with van der Waals surface area (Å²) in [5, 5.41) is 10.4. The third-order valence-electron chi connectivity index (χ3n) is 7.01. The summed E-state index contributed by atoms with van der Waals surface area (Å²) < 4.78 is 15.2. The van der Waals surface area contributed by atoms with Gasteiger partial charge in [0.2, 0.25) is 0 Å². The number of hydrogen-bond donors (Lipinski definition) is 2. The highest BCUT2D eigenvalue weighted by Gasteiger charge is 2.38. The van der Waals surface area contributed by atoms with Crippen LogP contribution in [0.2, 0.25) is 0 Å². The van der Waals surface area contributed by atoms with E-state index in [1.165, 1.54) is 0 Å². The van der Waals surface area contributed by atoms with E-state index >= 15 is 0 Å². The molecule has 0 amide bonds. The maximum Gasteiger partial charge on any atom is 0.184 e. The van der Waals surface area contributed by atoms with Crippen LogP contribution in [-0.2, 0) is 29.7 Å².